The lowest BCUT2D eigenvalue weighted by molar-refractivity contribution is -0.140. The summed E-state index contributed by atoms with van der Waals surface area (Å²) >= 11 is 0. The number of aryl methyl sites for hydroxylation is 1. The number of aromatic amines is 1. The van der Waals surface area contributed by atoms with E-state index in [2.05, 4.69) is 20.6 Å². The molecule has 2 unspecified atom stereocenters. The molecule has 0 fully saturated rings. The maximum Gasteiger partial charge on any atom is 0.326 e. The van der Waals surface area contributed by atoms with Gasteiger partial charge in [0, 0.05) is 12.0 Å². The van der Waals surface area contributed by atoms with Gasteiger partial charge in [-0.25, -0.2) is 4.79 Å². The summed E-state index contributed by atoms with van der Waals surface area (Å²) in [7, 11) is 0. The smallest absolute Gasteiger partial charge is 0.326 e. The van der Waals surface area contributed by atoms with Gasteiger partial charge in [0.2, 0.25) is 11.9 Å². The van der Waals surface area contributed by atoms with Gasteiger partial charge in [-0.05, 0) is 37.0 Å². The number of nitrogen functional groups attached to an aromatic ring is 1. The Morgan fingerprint density at radius 1 is 1.16 bits per heavy atom. The van der Waals surface area contributed by atoms with Crippen LogP contribution in [0.2, 0.25) is 0 Å². The molecule has 0 saturated carbocycles. The predicted octanol–water partition coefficient (Wildman–Crippen LogP) is 0.0684. The van der Waals surface area contributed by atoms with Crippen molar-refractivity contribution in [3.05, 3.63) is 51.3 Å². The second kappa shape index (κ2) is 9.29. The van der Waals surface area contributed by atoms with Gasteiger partial charge in [-0.3, -0.25) is 24.2 Å². The van der Waals surface area contributed by atoms with E-state index in [0.717, 1.165) is 5.56 Å². The van der Waals surface area contributed by atoms with Crippen molar-refractivity contribution in [1.29, 1.82) is 0 Å². The summed E-state index contributed by atoms with van der Waals surface area (Å²) in [5.74, 6) is -4.09. The maximum atomic E-state index is 12.3. The lowest BCUT2D eigenvalue weighted by atomic mass is 9.94. The van der Waals surface area contributed by atoms with Crippen molar-refractivity contribution < 1.29 is 29.4 Å². The Hall–Kier alpha value is -4.22. The lowest BCUT2D eigenvalue weighted by Crippen LogP contribution is -2.41. The summed E-state index contributed by atoms with van der Waals surface area (Å²) in [6, 6.07) is 4.99. The van der Waals surface area contributed by atoms with E-state index in [0.29, 0.717) is 12.8 Å². The van der Waals surface area contributed by atoms with Crippen molar-refractivity contribution >= 4 is 35.5 Å². The number of nitrogens with zero attached hydrogens (tertiary/aromatic N) is 1. The van der Waals surface area contributed by atoms with Crippen LogP contribution in [-0.4, -0.2) is 50.0 Å². The molecule has 0 aliphatic carbocycles. The number of rotatable bonds is 9. The highest BCUT2D eigenvalue weighted by molar-refractivity contribution is 6.01. The number of carbonyl (C=O) groups is 4. The highest BCUT2D eigenvalue weighted by Gasteiger charge is 2.34. The zero-order valence-corrected chi connectivity index (χ0v) is 16.8. The molecule has 3 rings (SSSR count). The second-order valence-corrected chi connectivity index (χ2v) is 7.29. The first kappa shape index (κ1) is 22.5. The van der Waals surface area contributed by atoms with Gasteiger partial charge in [-0.15, -0.1) is 0 Å². The molecular formula is C20H21N5O7. The fourth-order valence-electron chi connectivity index (χ4n) is 3.43. The zero-order valence-electron chi connectivity index (χ0n) is 16.8. The molecule has 32 heavy (non-hydrogen) atoms. The van der Waals surface area contributed by atoms with Crippen LogP contribution in [0.4, 0.5) is 11.8 Å². The molecule has 2 heterocycles. The molecule has 0 bridgehead atoms. The number of carboxylic acids is 2. The van der Waals surface area contributed by atoms with Crippen LogP contribution in [0, 0.1) is 0 Å². The number of H-pyrrole nitrogens is 1. The Morgan fingerprint density at radius 2 is 1.84 bits per heavy atom. The molecule has 0 radical (unpaired) electrons. The standard InChI is InChI=1S/C20H21N5O7/c21-20-24-15-14(18(30)25-20)11(17(29)23-15)6-3-9-1-4-10(5-2-9)16(28)22-12(19(31)32)7-8-13(26)27/h1-2,4-5,11-12H,3,6-8H2,(H,22,28)(H,26,27)(H,31,32)(H4,21,23,24,25,29,30). The summed E-state index contributed by atoms with van der Waals surface area (Å²) in [6.07, 6.45) is 0.132. The number of fused-ring (bicyclic) bond motifs is 1. The fourth-order valence-corrected chi connectivity index (χ4v) is 3.43. The number of anilines is 2. The Morgan fingerprint density at radius 3 is 2.47 bits per heavy atom. The molecule has 12 nitrogen and oxygen atoms in total. The van der Waals surface area contributed by atoms with Gasteiger partial charge in [0.1, 0.15) is 11.9 Å². The first-order chi connectivity index (χ1) is 15.2. The van der Waals surface area contributed by atoms with E-state index < -0.39 is 35.4 Å². The first-order valence-electron chi connectivity index (χ1n) is 9.70. The second-order valence-electron chi connectivity index (χ2n) is 7.29. The third-order valence-corrected chi connectivity index (χ3v) is 5.07. The van der Waals surface area contributed by atoms with Crippen molar-refractivity contribution in [3.63, 3.8) is 0 Å². The van der Waals surface area contributed by atoms with E-state index in [1.165, 1.54) is 12.1 Å². The molecular weight excluding hydrogens is 422 g/mol. The number of benzene rings is 1. The first-order valence-corrected chi connectivity index (χ1v) is 9.70. The average molecular weight is 443 g/mol. The van der Waals surface area contributed by atoms with Gasteiger partial charge in [0.05, 0.1) is 11.5 Å². The highest BCUT2D eigenvalue weighted by Crippen LogP contribution is 2.31. The fraction of sp³-hybridized carbons (Fsp3) is 0.300. The molecule has 2 aromatic rings. The summed E-state index contributed by atoms with van der Waals surface area (Å²) in [4.78, 5) is 64.9. The molecule has 0 saturated heterocycles. The average Bonchev–Trinajstić information content (AvgIpc) is 3.04. The summed E-state index contributed by atoms with van der Waals surface area (Å²) in [6.45, 7) is 0. The number of hydrogen-bond acceptors (Lipinski definition) is 7. The topological polar surface area (TPSA) is 205 Å². The van der Waals surface area contributed by atoms with Crippen LogP contribution >= 0.6 is 0 Å². The van der Waals surface area contributed by atoms with Crippen molar-refractivity contribution in [3.8, 4) is 0 Å². The Bertz CT molecular complexity index is 1130. The van der Waals surface area contributed by atoms with E-state index >= 15 is 0 Å². The quantitative estimate of drug-likeness (QED) is 0.310. The van der Waals surface area contributed by atoms with Crippen LogP contribution in [0.15, 0.2) is 29.1 Å². The Balaban J connectivity index is 1.62. The number of aromatic nitrogens is 2. The summed E-state index contributed by atoms with van der Waals surface area (Å²) in [5.41, 5.74) is 6.26. The van der Waals surface area contributed by atoms with Crippen molar-refractivity contribution in [2.75, 3.05) is 11.1 Å². The normalized spacial score (nSPS) is 15.5. The van der Waals surface area contributed by atoms with E-state index in [1.54, 1.807) is 12.1 Å². The summed E-state index contributed by atoms with van der Waals surface area (Å²) < 4.78 is 0. The minimum atomic E-state index is -1.32. The van der Waals surface area contributed by atoms with E-state index in [4.69, 9.17) is 15.9 Å². The predicted molar refractivity (Wildman–Crippen MR) is 111 cm³/mol. The molecule has 12 heteroatoms. The number of hydrogen-bond donors (Lipinski definition) is 6. The van der Waals surface area contributed by atoms with Crippen LogP contribution in [0.5, 0.6) is 0 Å². The van der Waals surface area contributed by atoms with Crippen molar-refractivity contribution in [1.82, 2.24) is 15.3 Å². The SMILES string of the molecule is Nc1nc2c(c(=O)[nH]1)C(CCc1ccc(C(=O)NC(CCC(=O)O)C(=O)O)cc1)C(=O)N2. The van der Waals surface area contributed by atoms with Gasteiger partial charge in [0.25, 0.3) is 11.5 Å². The molecule has 1 aromatic heterocycles. The monoisotopic (exact) mass is 443 g/mol. The van der Waals surface area contributed by atoms with Gasteiger partial charge in [-0.2, -0.15) is 4.98 Å². The van der Waals surface area contributed by atoms with E-state index in [9.17, 15) is 24.0 Å². The van der Waals surface area contributed by atoms with Crippen LogP contribution in [-0.2, 0) is 20.8 Å². The minimum Gasteiger partial charge on any atom is -0.481 e. The van der Waals surface area contributed by atoms with Crippen LogP contribution in [0.1, 0.15) is 46.7 Å². The molecule has 2 amide bonds. The number of nitrogens with two attached hydrogens (primary N) is 1. The number of amides is 2. The number of carbonyl (C=O) groups excluding carboxylic acids is 2. The number of carboxylic acid groups (broad SMARTS) is 2. The van der Waals surface area contributed by atoms with Crippen LogP contribution in [0.3, 0.4) is 0 Å². The molecule has 2 atom stereocenters. The van der Waals surface area contributed by atoms with Crippen molar-refractivity contribution in [2.24, 2.45) is 0 Å². The molecule has 1 aromatic carbocycles. The number of aliphatic carboxylic acids is 2. The maximum absolute atomic E-state index is 12.3. The molecule has 168 valence electrons. The molecule has 0 spiro atoms. The third kappa shape index (κ3) is 5.09. The summed E-state index contributed by atoms with van der Waals surface area (Å²) in [5, 5.41) is 22.7. The van der Waals surface area contributed by atoms with Gasteiger partial charge in [0.15, 0.2) is 0 Å². The van der Waals surface area contributed by atoms with Crippen LogP contribution in [0.25, 0.3) is 0 Å². The molecule has 7 N–H and O–H groups in total. The van der Waals surface area contributed by atoms with Gasteiger partial charge >= 0.3 is 11.9 Å². The van der Waals surface area contributed by atoms with Crippen molar-refractivity contribution in [2.45, 2.75) is 37.6 Å². The number of nitrogens with one attached hydrogen (secondary N) is 3. The largest absolute Gasteiger partial charge is 0.481 e. The molecule has 1 aliphatic rings. The Kier molecular flexibility index (Phi) is 6.52. The highest BCUT2D eigenvalue weighted by atomic mass is 16.4. The molecule has 1 aliphatic heterocycles. The zero-order chi connectivity index (χ0) is 23.4. The lowest BCUT2D eigenvalue weighted by Gasteiger charge is -2.14. The van der Waals surface area contributed by atoms with E-state index in [1.807, 2.05) is 0 Å². The third-order valence-electron chi connectivity index (χ3n) is 5.07. The van der Waals surface area contributed by atoms with Gasteiger partial charge < -0.3 is 26.6 Å². The Labute approximate surface area is 180 Å². The minimum absolute atomic E-state index is 0.0864. The van der Waals surface area contributed by atoms with E-state index in [-0.39, 0.29) is 41.6 Å². The van der Waals surface area contributed by atoms with Gasteiger partial charge in [-0.1, -0.05) is 12.1 Å². The van der Waals surface area contributed by atoms with Crippen LogP contribution < -0.4 is 21.9 Å².